The van der Waals surface area contributed by atoms with E-state index in [4.69, 9.17) is 20.6 Å². The summed E-state index contributed by atoms with van der Waals surface area (Å²) in [5.41, 5.74) is 6.00. The lowest BCUT2D eigenvalue weighted by Gasteiger charge is -2.10. The first-order valence-electron chi connectivity index (χ1n) is 6.21. The van der Waals surface area contributed by atoms with E-state index in [2.05, 4.69) is 15.9 Å². The molecule has 0 atom stereocenters. The van der Waals surface area contributed by atoms with Crippen molar-refractivity contribution in [2.24, 2.45) is 5.73 Å². The quantitative estimate of drug-likeness (QED) is 0.476. The van der Waals surface area contributed by atoms with Crippen LogP contribution in [-0.4, -0.2) is 19.0 Å². The van der Waals surface area contributed by atoms with E-state index in [-0.39, 0.29) is 18.3 Å². The number of amidine groups is 1. The number of hydrogen-bond donors (Lipinski definition) is 2. The molecule has 0 aliphatic carbocycles. The molecule has 0 unspecified atom stereocenters. The fourth-order valence-electron chi connectivity index (χ4n) is 1.63. The number of nitrogens with two attached hydrogens (primary N) is 1. The van der Waals surface area contributed by atoms with Gasteiger partial charge in [0.05, 0.1) is 4.47 Å². The Morgan fingerprint density at radius 1 is 1.10 bits per heavy atom. The van der Waals surface area contributed by atoms with E-state index < -0.39 is 0 Å². The van der Waals surface area contributed by atoms with E-state index >= 15 is 0 Å². The fraction of sp³-hybridized carbons (Fsp3) is 0.133. The molecule has 0 heterocycles. The number of hydrogen-bond acceptors (Lipinski definition) is 3. The van der Waals surface area contributed by atoms with E-state index in [1.165, 1.54) is 12.1 Å². The van der Waals surface area contributed by atoms with Crippen molar-refractivity contribution >= 4 is 21.8 Å². The number of nitrogen functional groups attached to an aromatic ring is 1. The lowest BCUT2D eigenvalue weighted by molar-refractivity contribution is 0.216. The smallest absolute Gasteiger partial charge is 0.136 e. The summed E-state index contributed by atoms with van der Waals surface area (Å²) in [4.78, 5) is 0. The Morgan fingerprint density at radius 2 is 1.76 bits per heavy atom. The standard InChI is InChI=1S/C15H14BrFN2O2/c16-13-6-3-11(17)9-14(13)21-8-7-20-12-4-1-10(2-5-12)15(18)19/h1-6,9H,7-8H2,(H3,18,19). The average molecular weight is 353 g/mol. The van der Waals surface area contributed by atoms with Crippen molar-refractivity contribution in [2.75, 3.05) is 13.2 Å². The lowest BCUT2D eigenvalue weighted by atomic mass is 10.2. The Balaban J connectivity index is 1.81. The first kappa shape index (κ1) is 15.3. The van der Waals surface area contributed by atoms with Crippen molar-refractivity contribution in [3.05, 3.63) is 58.3 Å². The largest absolute Gasteiger partial charge is 0.490 e. The summed E-state index contributed by atoms with van der Waals surface area (Å²) in [6, 6.07) is 11.1. The summed E-state index contributed by atoms with van der Waals surface area (Å²) in [5.74, 6) is 0.752. The third kappa shape index (κ3) is 4.46. The maximum atomic E-state index is 13.1. The highest BCUT2D eigenvalue weighted by atomic mass is 79.9. The van der Waals surface area contributed by atoms with Gasteiger partial charge in [-0.2, -0.15) is 0 Å². The molecule has 0 saturated carbocycles. The molecule has 0 aliphatic heterocycles. The predicted molar refractivity (Wildman–Crippen MR) is 82.5 cm³/mol. The number of rotatable bonds is 6. The highest BCUT2D eigenvalue weighted by Crippen LogP contribution is 2.25. The van der Waals surface area contributed by atoms with E-state index in [9.17, 15) is 4.39 Å². The van der Waals surface area contributed by atoms with Gasteiger partial charge in [0.25, 0.3) is 0 Å². The summed E-state index contributed by atoms with van der Waals surface area (Å²) < 4.78 is 24.7. The predicted octanol–water partition coefficient (Wildman–Crippen LogP) is 3.33. The molecule has 0 aliphatic rings. The molecule has 0 amide bonds. The van der Waals surface area contributed by atoms with Gasteiger partial charge < -0.3 is 15.2 Å². The third-order valence-electron chi connectivity index (χ3n) is 2.67. The number of benzene rings is 2. The van der Waals surface area contributed by atoms with Crippen LogP contribution in [0.2, 0.25) is 0 Å². The summed E-state index contributed by atoms with van der Waals surface area (Å²) in [6.45, 7) is 0.610. The SMILES string of the molecule is N=C(N)c1ccc(OCCOc2cc(F)ccc2Br)cc1. The van der Waals surface area contributed by atoms with Gasteiger partial charge in [-0.15, -0.1) is 0 Å². The molecule has 2 rings (SSSR count). The molecule has 21 heavy (non-hydrogen) atoms. The highest BCUT2D eigenvalue weighted by Gasteiger charge is 2.03. The van der Waals surface area contributed by atoms with Crippen LogP contribution >= 0.6 is 15.9 Å². The Morgan fingerprint density at radius 3 is 2.43 bits per heavy atom. The molecule has 0 bridgehead atoms. The van der Waals surface area contributed by atoms with Crippen LogP contribution in [0.4, 0.5) is 4.39 Å². The second kappa shape index (κ2) is 7.08. The van der Waals surface area contributed by atoms with Crippen molar-refractivity contribution in [3.63, 3.8) is 0 Å². The van der Waals surface area contributed by atoms with Crippen LogP contribution in [0.3, 0.4) is 0 Å². The lowest BCUT2D eigenvalue weighted by Crippen LogP contribution is -2.11. The fourth-order valence-corrected chi connectivity index (χ4v) is 1.99. The Hall–Kier alpha value is -2.08. The molecule has 0 fully saturated rings. The average Bonchev–Trinajstić information content (AvgIpc) is 2.47. The molecular formula is C15H14BrFN2O2. The van der Waals surface area contributed by atoms with Crippen molar-refractivity contribution in [3.8, 4) is 11.5 Å². The van der Waals surface area contributed by atoms with Crippen molar-refractivity contribution < 1.29 is 13.9 Å². The van der Waals surface area contributed by atoms with Gasteiger partial charge >= 0.3 is 0 Å². The van der Waals surface area contributed by atoms with E-state index in [1.54, 1.807) is 30.3 Å². The topological polar surface area (TPSA) is 68.3 Å². The number of halogens is 2. The van der Waals surface area contributed by atoms with Gasteiger partial charge in [0.2, 0.25) is 0 Å². The van der Waals surface area contributed by atoms with Gasteiger partial charge in [-0.05, 0) is 52.3 Å². The summed E-state index contributed by atoms with van der Waals surface area (Å²) in [6.07, 6.45) is 0. The zero-order valence-electron chi connectivity index (χ0n) is 11.1. The number of nitrogens with one attached hydrogen (secondary N) is 1. The van der Waals surface area contributed by atoms with Crippen LogP contribution in [0.5, 0.6) is 11.5 Å². The van der Waals surface area contributed by atoms with Crippen molar-refractivity contribution in [2.45, 2.75) is 0 Å². The molecular weight excluding hydrogens is 339 g/mol. The Labute approximate surface area is 130 Å². The molecule has 2 aromatic carbocycles. The minimum absolute atomic E-state index is 0.0147. The van der Waals surface area contributed by atoms with E-state index in [0.29, 0.717) is 28.1 Å². The Bertz CT molecular complexity index is 632. The summed E-state index contributed by atoms with van der Waals surface area (Å²) in [5, 5.41) is 7.29. The van der Waals surface area contributed by atoms with Crippen LogP contribution in [0, 0.1) is 11.2 Å². The van der Waals surface area contributed by atoms with Crippen LogP contribution in [0.25, 0.3) is 0 Å². The highest BCUT2D eigenvalue weighted by molar-refractivity contribution is 9.10. The molecule has 4 nitrogen and oxygen atoms in total. The summed E-state index contributed by atoms with van der Waals surface area (Å²) in [7, 11) is 0. The zero-order valence-corrected chi connectivity index (χ0v) is 12.7. The number of ether oxygens (including phenoxy) is 2. The second-order valence-corrected chi connectivity index (χ2v) is 5.06. The van der Waals surface area contributed by atoms with Crippen molar-refractivity contribution in [1.29, 1.82) is 5.41 Å². The maximum Gasteiger partial charge on any atom is 0.136 e. The van der Waals surface area contributed by atoms with E-state index in [1.807, 2.05) is 0 Å². The molecule has 110 valence electrons. The van der Waals surface area contributed by atoms with Gasteiger partial charge in [-0.25, -0.2) is 4.39 Å². The molecule has 6 heteroatoms. The third-order valence-corrected chi connectivity index (χ3v) is 3.32. The minimum Gasteiger partial charge on any atom is -0.490 e. The van der Waals surface area contributed by atoms with Gasteiger partial charge in [-0.1, -0.05) is 0 Å². The van der Waals surface area contributed by atoms with Gasteiger partial charge in [0.1, 0.15) is 36.4 Å². The van der Waals surface area contributed by atoms with Crippen molar-refractivity contribution in [1.82, 2.24) is 0 Å². The van der Waals surface area contributed by atoms with E-state index in [0.717, 1.165) is 0 Å². The molecule has 0 saturated heterocycles. The molecule has 2 aromatic rings. The van der Waals surface area contributed by atoms with Crippen LogP contribution < -0.4 is 15.2 Å². The van der Waals surface area contributed by atoms with Gasteiger partial charge in [0, 0.05) is 11.6 Å². The molecule has 0 radical (unpaired) electrons. The summed E-state index contributed by atoms with van der Waals surface area (Å²) >= 11 is 3.28. The van der Waals surface area contributed by atoms with Crippen LogP contribution in [0.15, 0.2) is 46.9 Å². The molecule has 3 N–H and O–H groups in total. The second-order valence-electron chi connectivity index (χ2n) is 4.21. The molecule has 0 spiro atoms. The normalized spacial score (nSPS) is 10.2. The van der Waals surface area contributed by atoms with Crippen LogP contribution in [0.1, 0.15) is 5.56 Å². The first-order valence-corrected chi connectivity index (χ1v) is 7.00. The maximum absolute atomic E-state index is 13.1. The van der Waals surface area contributed by atoms with Gasteiger partial charge in [0.15, 0.2) is 0 Å². The van der Waals surface area contributed by atoms with Crippen LogP contribution in [-0.2, 0) is 0 Å². The monoisotopic (exact) mass is 352 g/mol. The molecule has 0 aromatic heterocycles. The first-order chi connectivity index (χ1) is 10.1. The van der Waals surface area contributed by atoms with Gasteiger partial charge in [-0.3, -0.25) is 5.41 Å². The minimum atomic E-state index is -0.353. The Kier molecular flexibility index (Phi) is 5.16. The zero-order chi connectivity index (χ0) is 15.2.